The van der Waals surface area contributed by atoms with E-state index in [1.165, 1.54) is 6.42 Å². The van der Waals surface area contributed by atoms with Crippen molar-refractivity contribution in [3.05, 3.63) is 24.0 Å². The second-order valence-corrected chi connectivity index (χ2v) is 5.29. The molecule has 0 aliphatic carbocycles. The Morgan fingerprint density at radius 1 is 1.35 bits per heavy atom. The number of likely N-dealkylation sites (N-methyl/N-ethyl adjacent to an activating group) is 1. The molecule has 0 saturated carbocycles. The van der Waals surface area contributed by atoms with Crippen LogP contribution in [-0.4, -0.2) is 47.9 Å². The van der Waals surface area contributed by atoms with Crippen LogP contribution in [0.2, 0.25) is 0 Å². The number of ketones is 1. The van der Waals surface area contributed by atoms with Crippen LogP contribution in [0.5, 0.6) is 0 Å². The van der Waals surface area contributed by atoms with Crippen LogP contribution in [-0.2, 0) is 0 Å². The number of pyridine rings is 1. The Morgan fingerprint density at radius 2 is 2.10 bits per heavy atom. The van der Waals surface area contributed by atoms with E-state index >= 15 is 0 Å². The van der Waals surface area contributed by atoms with Gasteiger partial charge in [-0.1, -0.05) is 20.8 Å². The van der Waals surface area contributed by atoms with E-state index < -0.39 is 0 Å². The maximum absolute atomic E-state index is 11.6. The van der Waals surface area contributed by atoms with Gasteiger partial charge in [-0.2, -0.15) is 0 Å². The number of aromatic nitrogens is 1. The molecule has 1 unspecified atom stereocenters. The summed E-state index contributed by atoms with van der Waals surface area (Å²) >= 11 is 0. The van der Waals surface area contributed by atoms with Gasteiger partial charge < -0.3 is 4.90 Å². The van der Waals surface area contributed by atoms with Crippen molar-refractivity contribution < 1.29 is 4.79 Å². The predicted octanol–water partition coefficient (Wildman–Crippen LogP) is 2.59. The molecule has 0 N–H and O–H groups in total. The van der Waals surface area contributed by atoms with Gasteiger partial charge >= 0.3 is 0 Å². The van der Waals surface area contributed by atoms with Gasteiger partial charge in [-0.05, 0) is 31.6 Å². The van der Waals surface area contributed by atoms with Crippen LogP contribution < -0.4 is 4.90 Å². The largest absolute Gasteiger partial charge is 0.369 e. The summed E-state index contributed by atoms with van der Waals surface area (Å²) in [6.07, 6.45) is 3.56. The average Bonchev–Trinajstić information content (AvgIpc) is 2.97. The molecule has 4 nitrogen and oxygen atoms in total. The van der Waals surface area contributed by atoms with Crippen LogP contribution in [0.25, 0.3) is 0 Å². The van der Waals surface area contributed by atoms with E-state index in [-0.39, 0.29) is 5.78 Å². The van der Waals surface area contributed by atoms with Crippen LogP contribution in [0.3, 0.4) is 0 Å². The summed E-state index contributed by atoms with van der Waals surface area (Å²) in [7, 11) is 0. The highest BCUT2D eigenvalue weighted by atomic mass is 16.1. The molecule has 1 aliphatic heterocycles. The number of carbonyl (C=O) groups excluding carboxylic acids is 1. The van der Waals surface area contributed by atoms with Crippen molar-refractivity contribution in [3.8, 4) is 0 Å². The van der Waals surface area contributed by atoms with Crippen LogP contribution >= 0.6 is 0 Å². The van der Waals surface area contributed by atoms with Crippen LogP contribution in [0.1, 0.15) is 44.1 Å². The van der Waals surface area contributed by atoms with E-state index in [9.17, 15) is 4.79 Å². The lowest BCUT2D eigenvalue weighted by Gasteiger charge is -2.26. The number of anilines is 1. The van der Waals surface area contributed by atoms with Gasteiger partial charge in [-0.3, -0.25) is 14.7 Å². The fraction of sp³-hybridized carbons (Fsp3) is 0.625. The Hall–Kier alpha value is -1.42. The van der Waals surface area contributed by atoms with E-state index in [1.54, 1.807) is 0 Å². The van der Waals surface area contributed by atoms with Gasteiger partial charge in [-0.15, -0.1) is 0 Å². The quantitative estimate of drug-likeness (QED) is 0.748. The van der Waals surface area contributed by atoms with Crippen molar-refractivity contribution in [3.63, 3.8) is 0 Å². The first-order chi connectivity index (χ1) is 9.69. The normalized spacial score (nSPS) is 18.8. The molecule has 1 fully saturated rings. The third-order valence-corrected chi connectivity index (χ3v) is 4.21. The summed E-state index contributed by atoms with van der Waals surface area (Å²) in [6, 6.07) is 4.52. The Labute approximate surface area is 121 Å². The van der Waals surface area contributed by atoms with Crippen molar-refractivity contribution >= 4 is 11.5 Å². The first-order valence-electron chi connectivity index (χ1n) is 7.67. The lowest BCUT2D eigenvalue weighted by Crippen LogP contribution is -2.37. The van der Waals surface area contributed by atoms with E-state index in [0.717, 1.165) is 31.9 Å². The number of carbonyl (C=O) groups is 1. The minimum Gasteiger partial charge on any atom is -0.369 e. The van der Waals surface area contributed by atoms with Gasteiger partial charge in [0.2, 0.25) is 0 Å². The highest BCUT2D eigenvalue weighted by Crippen LogP contribution is 2.22. The lowest BCUT2D eigenvalue weighted by molar-refractivity contribution is 0.0983. The first-order valence-corrected chi connectivity index (χ1v) is 7.67. The fourth-order valence-corrected chi connectivity index (χ4v) is 2.93. The minimum atomic E-state index is 0.110. The standard InChI is InChI=1S/C16H25N3O/c1-4-16(20)15-8-7-13(11-17-15)19-10-9-14(12-19)18(5-2)6-3/h7-8,11,14H,4-6,9-10,12H2,1-3H3. The number of nitrogens with zero attached hydrogens (tertiary/aromatic N) is 3. The summed E-state index contributed by atoms with van der Waals surface area (Å²) in [6.45, 7) is 10.7. The van der Waals surface area contributed by atoms with Crippen LogP contribution in [0, 0.1) is 0 Å². The van der Waals surface area contributed by atoms with Crippen molar-refractivity contribution in [2.75, 3.05) is 31.1 Å². The Bertz CT molecular complexity index is 440. The Morgan fingerprint density at radius 3 is 2.65 bits per heavy atom. The maximum Gasteiger partial charge on any atom is 0.180 e. The molecule has 1 saturated heterocycles. The highest BCUT2D eigenvalue weighted by Gasteiger charge is 2.26. The molecule has 2 heterocycles. The minimum absolute atomic E-state index is 0.110. The molecule has 110 valence electrons. The van der Waals surface area contributed by atoms with E-state index in [1.807, 2.05) is 25.3 Å². The van der Waals surface area contributed by atoms with Gasteiger partial charge in [0.25, 0.3) is 0 Å². The summed E-state index contributed by atoms with van der Waals surface area (Å²) in [5.74, 6) is 0.110. The zero-order valence-electron chi connectivity index (χ0n) is 12.8. The van der Waals surface area contributed by atoms with Gasteiger partial charge in [0, 0.05) is 25.6 Å². The zero-order chi connectivity index (χ0) is 14.5. The first kappa shape index (κ1) is 15.0. The molecule has 1 aromatic heterocycles. The van der Waals surface area contributed by atoms with Gasteiger partial charge in [0.1, 0.15) is 5.69 Å². The summed E-state index contributed by atoms with van der Waals surface area (Å²) in [4.78, 5) is 20.8. The smallest absolute Gasteiger partial charge is 0.180 e. The molecule has 0 aromatic carbocycles. The SMILES string of the molecule is CCC(=O)c1ccc(N2CCC(N(CC)CC)C2)cn1. The summed E-state index contributed by atoms with van der Waals surface area (Å²) < 4.78 is 0. The molecule has 1 aromatic rings. The molecule has 1 aliphatic rings. The third kappa shape index (κ3) is 3.18. The van der Waals surface area contributed by atoms with Crippen molar-refractivity contribution in [2.24, 2.45) is 0 Å². The number of hydrogen-bond acceptors (Lipinski definition) is 4. The van der Waals surface area contributed by atoms with Gasteiger partial charge in [0.05, 0.1) is 11.9 Å². The summed E-state index contributed by atoms with van der Waals surface area (Å²) in [5.41, 5.74) is 1.71. The maximum atomic E-state index is 11.6. The molecule has 20 heavy (non-hydrogen) atoms. The van der Waals surface area contributed by atoms with Crippen molar-refractivity contribution in [1.82, 2.24) is 9.88 Å². The number of Topliss-reactive ketones (excluding diaryl/α,β-unsaturated/α-hetero) is 1. The summed E-state index contributed by atoms with van der Waals surface area (Å²) in [5, 5.41) is 0. The molecule has 4 heteroatoms. The predicted molar refractivity (Wildman–Crippen MR) is 82.4 cm³/mol. The topological polar surface area (TPSA) is 36.4 Å². The highest BCUT2D eigenvalue weighted by molar-refractivity contribution is 5.94. The van der Waals surface area contributed by atoms with Gasteiger partial charge in [0.15, 0.2) is 5.78 Å². The van der Waals surface area contributed by atoms with Crippen molar-refractivity contribution in [1.29, 1.82) is 0 Å². The monoisotopic (exact) mass is 275 g/mol. The molecular weight excluding hydrogens is 250 g/mol. The second kappa shape index (κ2) is 6.84. The average molecular weight is 275 g/mol. The molecule has 0 amide bonds. The van der Waals surface area contributed by atoms with E-state index in [4.69, 9.17) is 0 Å². The Balaban J connectivity index is 2.01. The molecule has 0 bridgehead atoms. The molecule has 1 atom stereocenters. The Kier molecular flexibility index (Phi) is 5.12. The zero-order valence-corrected chi connectivity index (χ0v) is 12.8. The van der Waals surface area contributed by atoms with Crippen molar-refractivity contribution in [2.45, 2.75) is 39.7 Å². The van der Waals surface area contributed by atoms with E-state index in [0.29, 0.717) is 18.2 Å². The molecule has 0 spiro atoms. The van der Waals surface area contributed by atoms with E-state index in [2.05, 4.69) is 28.6 Å². The molecule has 2 rings (SSSR count). The molecule has 0 radical (unpaired) electrons. The fourth-order valence-electron chi connectivity index (χ4n) is 2.93. The van der Waals surface area contributed by atoms with Crippen LogP contribution in [0.4, 0.5) is 5.69 Å². The third-order valence-electron chi connectivity index (χ3n) is 4.21. The number of rotatable bonds is 6. The lowest BCUT2D eigenvalue weighted by atomic mass is 10.2. The second-order valence-electron chi connectivity index (χ2n) is 5.29. The van der Waals surface area contributed by atoms with Crippen LogP contribution in [0.15, 0.2) is 18.3 Å². The number of hydrogen-bond donors (Lipinski definition) is 0. The molecular formula is C16H25N3O. The van der Waals surface area contributed by atoms with Gasteiger partial charge in [-0.25, -0.2) is 0 Å².